The van der Waals surface area contributed by atoms with E-state index in [-0.39, 0.29) is 11.9 Å². The van der Waals surface area contributed by atoms with Crippen molar-refractivity contribution < 1.29 is 4.79 Å². The van der Waals surface area contributed by atoms with Gasteiger partial charge in [-0.25, -0.2) is 4.98 Å². The van der Waals surface area contributed by atoms with Gasteiger partial charge >= 0.3 is 0 Å². The second kappa shape index (κ2) is 7.92. The minimum atomic E-state index is 0.103. The van der Waals surface area contributed by atoms with Crippen molar-refractivity contribution in [2.75, 3.05) is 0 Å². The van der Waals surface area contributed by atoms with E-state index in [0.29, 0.717) is 18.9 Å². The molecule has 0 saturated heterocycles. The van der Waals surface area contributed by atoms with Crippen LogP contribution in [-0.2, 0) is 17.9 Å². The molecule has 1 aliphatic rings. The van der Waals surface area contributed by atoms with E-state index in [1.54, 1.807) is 0 Å². The van der Waals surface area contributed by atoms with Crippen molar-refractivity contribution >= 4 is 16.9 Å². The van der Waals surface area contributed by atoms with E-state index >= 15 is 0 Å². The average Bonchev–Trinajstić information content (AvgIpc) is 3.28. The zero-order valence-corrected chi connectivity index (χ0v) is 15.5. The number of imidazole rings is 1. The second-order valence-corrected chi connectivity index (χ2v) is 7.51. The smallest absolute Gasteiger partial charge is 0.220 e. The number of hydrogen-bond donors (Lipinski definition) is 2. The number of carbonyl (C=O) groups is 1. The van der Waals surface area contributed by atoms with Gasteiger partial charge in [-0.15, -0.1) is 0 Å². The molecule has 0 aliphatic heterocycles. The zero-order chi connectivity index (χ0) is 18.6. The molecule has 3 N–H and O–H groups in total. The summed E-state index contributed by atoms with van der Waals surface area (Å²) in [6.45, 7) is 1.35. The van der Waals surface area contributed by atoms with Crippen LogP contribution in [0.2, 0.25) is 0 Å². The van der Waals surface area contributed by atoms with Crippen LogP contribution < -0.4 is 11.1 Å². The lowest BCUT2D eigenvalue weighted by Crippen LogP contribution is -2.31. The van der Waals surface area contributed by atoms with Gasteiger partial charge in [-0.1, -0.05) is 42.8 Å². The standard InChI is InChI=1S/C22H26N4O/c23-19-5-3-4-18(19)12-22(27)24-13-16-8-10-17(11-9-16)14-26-15-25-20-6-1-2-7-21(20)26/h1-2,6-11,15,18-19H,3-5,12-14,23H2,(H,24,27)/t18-,19+/m0/s1. The fourth-order valence-electron chi connectivity index (χ4n) is 3.93. The summed E-state index contributed by atoms with van der Waals surface area (Å²) in [5.74, 6) is 0.448. The van der Waals surface area contributed by atoms with Gasteiger partial charge in [0.15, 0.2) is 0 Å². The molecule has 140 valence electrons. The number of benzene rings is 2. The number of nitrogens with one attached hydrogen (secondary N) is 1. The van der Waals surface area contributed by atoms with Gasteiger partial charge in [-0.05, 0) is 42.0 Å². The number of aromatic nitrogens is 2. The van der Waals surface area contributed by atoms with Crippen LogP contribution in [0.5, 0.6) is 0 Å². The molecule has 27 heavy (non-hydrogen) atoms. The summed E-state index contributed by atoms with van der Waals surface area (Å²) < 4.78 is 2.15. The Morgan fingerprint density at radius 1 is 1.11 bits per heavy atom. The van der Waals surface area contributed by atoms with Crippen molar-refractivity contribution in [1.29, 1.82) is 0 Å². The molecule has 1 aliphatic carbocycles. The van der Waals surface area contributed by atoms with Crippen LogP contribution in [-0.4, -0.2) is 21.5 Å². The first-order valence-corrected chi connectivity index (χ1v) is 9.69. The van der Waals surface area contributed by atoms with E-state index in [4.69, 9.17) is 5.73 Å². The predicted molar refractivity (Wildman–Crippen MR) is 107 cm³/mol. The molecular formula is C22H26N4O. The van der Waals surface area contributed by atoms with Crippen molar-refractivity contribution in [3.8, 4) is 0 Å². The van der Waals surface area contributed by atoms with Gasteiger partial charge in [0.1, 0.15) is 0 Å². The molecule has 2 atom stereocenters. The first-order valence-electron chi connectivity index (χ1n) is 9.69. The average molecular weight is 362 g/mol. The molecule has 5 heteroatoms. The molecule has 0 radical (unpaired) electrons. The molecular weight excluding hydrogens is 336 g/mol. The van der Waals surface area contributed by atoms with E-state index in [1.807, 2.05) is 24.5 Å². The van der Waals surface area contributed by atoms with Crippen LogP contribution in [0.3, 0.4) is 0 Å². The van der Waals surface area contributed by atoms with Gasteiger partial charge in [0.05, 0.1) is 17.4 Å². The molecule has 1 saturated carbocycles. The van der Waals surface area contributed by atoms with Crippen LogP contribution >= 0.6 is 0 Å². The second-order valence-electron chi connectivity index (χ2n) is 7.51. The number of nitrogens with two attached hydrogens (primary N) is 1. The molecule has 0 unspecified atom stereocenters. The highest BCUT2D eigenvalue weighted by Gasteiger charge is 2.25. The van der Waals surface area contributed by atoms with Crippen molar-refractivity contribution in [3.63, 3.8) is 0 Å². The third-order valence-corrected chi connectivity index (χ3v) is 5.56. The lowest BCUT2D eigenvalue weighted by Gasteiger charge is -2.14. The maximum Gasteiger partial charge on any atom is 0.220 e. The lowest BCUT2D eigenvalue weighted by atomic mass is 10.00. The van der Waals surface area contributed by atoms with E-state index in [0.717, 1.165) is 42.4 Å². The van der Waals surface area contributed by atoms with Crippen LogP contribution in [0.1, 0.15) is 36.8 Å². The van der Waals surface area contributed by atoms with E-state index in [2.05, 4.69) is 45.2 Å². The van der Waals surface area contributed by atoms with Gasteiger partial charge in [0.25, 0.3) is 0 Å². The summed E-state index contributed by atoms with van der Waals surface area (Å²) in [5.41, 5.74) is 10.5. The maximum atomic E-state index is 12.1. The first-order chi connectivity index (χ1) is 13.2. The summed E-state index contributed by atoms with van der Waals surface area (Å²) in [6.07, 6.45) is 5.70. The molecule has 1 fully saturated rings. The zero-order valence-electron chi connectivity index (χ0n) is 15.5. The molecule has 3 aromatic rings. The van der Waals surface area contributed by atoms with Gasteiger partial charge in [-0.2, -0.15) is 0 Å². The first kappa shape index (κ1) is 17.7. The highest BCUT2D eigenvalue weighted by Crippen LogP contribution is 2.26. The predicted octanol–water partition coefficient (Wildman–Crippen LogP) is 3.22. The molecule has 1 aromatic heterocycles. The number of hydrogen-bond acceptors (Lipinski definition) is 3. The Bertz CT molecular complexity index is 915. The van der Waals surface area contributed by atoms with Crippen LogP contribution in [0, 0.1) is 5.92 Å². The maximum absolute atomic E-state index is 12.1. The van der Waals surface area contributed by atoms with Crippen molar-refractivity contribution in [1.82, 2.24) is 14.9 Å². The van der Waals surface area contributed by atoms with Crippen molar-refractivity contribution in [2.24, 2.45) is 11.7 Å². The normalized spacial score (nSPS) is 19.4. The third kappa shape index (κ3) is 4.19. The topological polar surface area (TPSA) is 72.9 Å². The Balaban J connectivity index is 1.31. The van der Waals surface area contributed by atoms with Crippen LogP contribution in [0.25, 0.3) is 11.0 Å². The van der Waals surface area contributed by atoms with Crippen LogP contribution in [0.4, 0.5) is 0 Å². The molecule has 4 rings (SSSR count). The summed E-state index contributed by atoms with van der Waals surface area (Å²) in [7, 11) is 0. The molecule has 2 aromatic carbocycles. The van der Waals surface area contributed by atoms with Crippen molar-refractivity contribution in [3.05, 3.63) is 66.0 Å². The highest BCUT2D eigenvalue weighted by molar-refractivity contribution is 5.76. The Labute approximate surface area is 159 Å². The molecule has 0 spiro atoms. The highest BCUT2D eigenvalue weighted by atomic mass is 16.1. The number of carbonyl (C=O) groups excluding carboxylic acids is 1. The molecule has 1 heterocycles. The summed E-state index contributed by atoms with van der Waals surface area (Å²) in [4.78, 5) is 16.6. The Kier molecular flexibility index (Phi) is 5.21. The summed E-state index contributed by atoms with van der Waals surface area (Å²) >= 11 is 0. The number of fused-ring (bicyclic) bond motifs is 1. The number of rotatable bonds is 6. The number of amides is 1. The minimum Gasteiger partial charge on any atom is -0.352 e. The SMILES string of the molecule is N[C@@H]1CCC[C@H]1CC(=O)NCc1ccc(Cn2cnc3ccccc32)cc1. The minimum absolute atomic E-state index is 0.103. The quantitative estimate of drug-likeness (QED) is 0.707. The van der Waals surface area contributed by atoms with E-state index in [1.165, 1.54) is 5.56 Å². The Morgan fingerprint density at radius 2 is 1.89 bits per heavy atom. The Morgan fingerprint density at radius 3 is 2.67 bits per heavy atom. The molecule has 5 nitrogen and oxygen atoms in total. The fraction of sp³-hybridized carbons (Fsp3) is 0.364. The molecule has 0 bridgehead atoms. The lowest BCUT2D eigenvalue weighted by molar-refractivity contribution is -0.122. The summed E-state index contributed by atoms with van der Waals surface area (Å²) in [5, 5.41) is 3.03. The molecule has 1 amide bonds. The van der Waals surface area contributed by atoms with E-state index < -0.39 is 0 Å². The van der Waals surface area contributed by atoms with Crippen molar-refractivity contribution in [2.45, 2.75) is 44.8 Å². The van der Waals surface area contributed by atoms with Crippen LogP contribution in [0.15, 0.2) is 54.9 Å². The Hall–Kier alpha value is -2.66. The summed E-state index contributed by atoms with van der Waals surface area (Å²) in [6, 6.07) is 16.7. The number of para-hydroxylation sites is 2. The fourth-order valence-corrected chi connectivity index (χ4v) is 3.93. The monoisotopic (exact) mass is 362 g/mol. The van der Waals surface area contributed by atoms with E-state index in [9.17, 15) is 4.79 Å². The van der Waals surface area contributed by atoms with Gasteiger partial charge in [0, 0.05) is 25.6 Å². The third-order valence-electron chi connectivity index (χ3n) is 5.56. The largest absolute Gasteiger partial charge is 0.352 e. The van der Waals surface area contributed by atoms with Gasteiger partial charge in [0.2, 0.25) is 5.91 Å². The van der Waals surface area contributed by atoms with Gasteiger partial charge < -0.3 is 15.6 Å². The number of nitrogens with zero attached hydrogens (tertiary/aromatic N) is 2. The van der Waals surface area contributed by atoms with Gasteiger partial charge in [-0.3, -0.25) is 4.79 Å².